The van der Waals surface area contributed by atoms with Crippen LogP contribution in [0.25, 0.3) is 5.57 Å². The molecule has 3 rings (SSSR count). The van der Waals surface area contributed by atoms with E-state index in [2.05, 4.69) is 46.9 Å². The molecule has 8 heteroatoms. The highest BCUT2D eigenvalue weighted by Crippen LogP contribution is 2.38. The number of amides is 1. The zero-order valence-electron chi connectivity index (χ0n) is 24.0. The Balaban J connectivity index is 1.89. The van der Waals surface area contributed by atoms with Gasteiger partial charge in [-0.25, -0.2) is 0 Å². The molecular formula is C30H43N5O3. The Kier molecular flexibility index (Phi) is 9.80. The second kappa shape index (κ2) is 12.8. The Morgan fingerprint density at radius 3 is 2.39 bits per heavy atom. The molecule has 0 unspecified atom stereocenters. The Hall–Kier alpha value is -3.52. The van der Waals surface area contributed by atoms with E-state index in [1.54, 1.807) is 27.5 Å². The molecule has 3 N–H and O–H groups in total. The van der Waals surface area contributed by atoms with Crippen molar-refractivity contribution in [2.45, 2.75) is 52.7 Å². The number of methoxy groups -OCH3 is 2. The van der Waals surface area contributed by atoms with Crippen LogP contribution in [0.15, 0.2) is 41.5 Å². The van der Waals surface area contributed by atoms with Gasteiger partial charge in [-0.15, -0.1) is 0 Å². The number of rotatable bonds is 9. The van der Waals surface area contributed by atoms with E-state index < -0.39 is 0 Å². The quantitative estimate of drug-likeness (QED) is 0.475. The minimum absolute atomic E-state index is 0.119. The normalized spacial score (nSPS) is 19.5. The van der Waals surface area contributed by atoms with Crippen LogP contribution in [-0.2, 0) is 0 Å². The van der Waals surface area contributed by atoms with Gasteiger partial charge in [-0.3, -0.25) is 14.7 Å². The number of hydrogen-bond donors (Lipinski definition) is 2. The number of allylic oxidation sites excluding steroid dienone is 1. The van der Waals surface area contributed by atoms with Crippen LogP contribution in [0.3, 0.4) is 0 Å². The molecule has 2 aromatic rings. The molecule has 206 valence electrons. The summed E-state index contributed by atoms with van der Waals surface area (Å²) in [7, 11) is 4.86. The molecule has 2 aromatic carbocycles. The van der Waals surface area contributed by atoms with Crippen LogP contribution >= 0.6 is 0 Å². The van der Waals surface area contributed by atoms with Crippen molar-refractivity contribution in [3.05, 3.63) is 58.8 Å². The number of nitrogens with zero attached hydrogens (tertiary/aromatic N) is 3. The Labute approximate surface area is 227 Å². The number of likely N-dealkylation sites (N-methyl/N-ethyl adjacent to an activating group) is 1. The smallest absolute Gasteiger partial charge is 0.252 e. The van der Waals surface area contributed by atoms with Crippen molar-refractivity contribution >= 4 is 23.4 Å². The lowest BCUT2D eigenvalue weighted by atomic mass is 9.98. The Morgan fingerprint density at radius 2 is 1.84 bits per heavy atom. The highest BCUT2D eigenvalue weighted by atomic mass is 16.5. The van der Waals surface area contributed by atoms with E-state index in [-0.39, 0.29) is 11.9 Å². The molecule has 0 aromatic heterocycles. The van der Waals surface area contributed by atoms with Crippen molar-refractivity contribution in [2.24, 2.45) is 10.7 Å². The van der Waals surface area contributed by atoms with Gasteiger partial charge >= 0.3 is 0 Å². The number of carbonyl (C=O) groups is 1. The number of nitrogens with two attached hydrogens (primary N) is 1. The highest BCUT2D eigenvalue weighted by molar-refractivity contribution is 6.11. The van der Waals surface area contributed by atoms with Gasteiger partial charge in [-0.1, -0.05) is 13.0 Å². The van der Waals surface area contributed by atoms with Gasteiger partial charge in [-0.05, 0) is 69.6 Å². The summed E-state index contributed by atoms with van der Waals surface area (Å²) >= 11 is 0. The number of carbonyl (C=O) groups excluding carboxylic acids is 1. The number of hydrogen-bond acceptors (Lipinski definition) is 7. The summed E-state index contributed by atoms with van der Waals surface area (Å²) in [4.78, 5) is 22.5. The minimum Gasteiger partial charge on any atom is -0.493 e. The maximum Gasteiger partial charge on any atom is 0.252 e. The van der Waals surface area contributed by atoms with E-state index in [4.69, 9.17) is 15.2 Å². The molecule has 1 aliphatic rings. The molecule has 3 atom stereocenters. The zero-order chi connectivity index (χ0) is 28.0. The molecule has 0 spiro atoms. The van der Waals surface area contributed by atoms with Gasteiger partial charge in [0.2, 0.25) is 0 Å². The second-order valence-electron chi connectivity index (χ2n) is 9.94. The number of aliphatic imine (C=N–C) groups is 1. The van der Waals surface area contributed by atoms with E-state index in [9.17, 15) is 4.79 Å². The zero-order valence-corrected chi connectivity index (χ0v) is 24.0. The monoisotopic (exact) mass is 521 g/mol. The average molecular weight is 522 g/mol. The molecule has 38 heavy (non-hydrogen) atoms. The number of benzene rings is 2. The van der Waals surface area contributed by atoms with E-state index in [0.29, 0.717) is 34.7 Å². The van der Waals surface area contributed by atoms with Gasteiger partial charge in [0.1, 0.15) is 0 Å². The summed E-state index contributed by atoms with van der Waals surface area (Å²) in [5.41, 5.74) is 10.9. The molecule has 1 aliphatic heterocycles. The number of piperazine rings is 1. The van der Waals surface area contributed by atoms with Crippen molar-refractivity contribution in [2.75, 3.05) is 45.8 Å². The molecule has 0 aliphatic carbocycles. The van der Waals surface area contributed by atoms with Crippen molar-refractivity contribution in [3.8, 4) is 11.5 Å². The SMILES string of the molecule is CCN1[C@H](C)CN(c2ccc(C)c(C(=O)N[C@H](C)c3cc(OC)c(OC)c(C(C=NC)=CN)c3)c2)C[C@@H]1C. The molecule has 1 saturated heterocycles. The lowest BCUT2D eigenvalue weighted by Gasteiger charge is -2.45. The Bertz CT molecular complexity index is 1180. The predicted octanol–water partition coefficient (Wildman–Crippen LogP) is 4.42. The first-order valence-corrected chi connectivity index (χ1v) is 13.2. The fraction of sp³-hybridized carbons (Fsp3) is 0.467. The highest BCUT2D eigenvalue weighted by Gasteiger charge is 2.29. The summed E-state index contributed by atoms with van der Waals surface area (Å²) in [6.07, 6.45) is 3.15. The molecular weight excluding hydrogens is 478 g/mol. The van der Waals surface area contributed by atoms with Crippen LogP contribution in [0.4, 0.5) is 5.69 Å². The van der Waals surface area contributed by atoms with Gasteiger partial charge in [0, 0.05) is 67.0 Å². The van der Waals surface area contributed by atoms with Crippen LogP contribution in [-0.4, -0.2) is 70.0 Å². The maximum atomic E-state index is 13.5. The number of nitrogens with one attached hydrogen (secondary N) is 1. The van der Waals surface area contributed by atoms with Crippen molar-refractivity contribution in [1.82, 2.24) is 10.2 Å². The van der Waals surface area contributed by atoms with E-state index in [1.807, 2.05) is 38.1 Å². The summed E-state index contributed by atoms with van der Waals surface area (Å²) < 4.78 is 11.2. The first kappa shape index (κ1) is 29.0. The standard InChI is InChI=1S/C30H43N5O3/c1-9-35-20(3)17-34(18-21(35)4)25-11-10-19(2)26(14-25)30(36)33-22(5)23-12-27(24(15-31)16-32-6)29(38-8)28(13-23)37-7/h10-16,20-22H,9,17-18,31H2,1-8H3,(H,33,36)/t20-,21+,22-/m1/s1. The van der Waals surface area contributed by atoms with Crippen LogP contribution in [0, 0.1) is 6.92 Å². The first-order valence-electron chi connectivity index (χ1n) is 13.2. The van der Waals surface area contributed by atoms with Crippen LogP contribution < -0.4 is 25.4 Å². The molecule has 0 radical (unpaired) electrons. The number of ether oxygens (including phenoxy) is 2. The molecule has 0 bridgehead atoms. The van der Waals surface area contributed by atoms with Crippen LogP contribution in [0.1, 0.15) is 60.8 Å². The summed E-state index contributed by atoms with van der Waals surface area (Å²) in [5, 5.41) is 3.18. The van der Waals surface area contributed by atoms with Gasteiger partial charge in [-0.2, -0.15) is 0 Å². The van der Waals surface area contributed by atoms with E-state index in [1.165, 1.54) is 6.20 Å². The summed E-state index contributed by atoms with van der Waals surface area (Å²) in [6, 6.07) is 10.6. The first-order chi connectivity index (χ1) is 18.2. The van der Waals surface area contributed by atoms with Crippen LogP contribution in [0.5, 0.6) is 11.5 Å². The Morgan fingerprint density at radius 1 is 1.16 bits per heavy atom. The van der Waals surface area contributed by atoms with Gasteiger partial charge < -0.3 is 25.4 Å². The topological polar surface area (TPSA) is 92.4 Å². The average Bonchev–Trinajstić information content (AvgIpc) is 2.90. The largest absolute Gasteiger partial charge is 0.493 e. The van der Waals surface area contributed by atoms with Gasteiger partial charge in [0.15, 0.2) is 11.5 Å². The number of anilines is 1. The third-order valence-corrected chi connectivity index (χ3v) is 7.41. The molecule has 1 heterocycles. The van der Waals surface area contributed by atoms with E-state index in [0.717, 1.165) is 42.0 Å². The lowest BCUT2D eigenvalue weighted by Crippen LogP contribution is -2.56. The van der Waals surface area contributed by atoms with Crippen molar-refractivity contribution in [1.29, 1.82) is 0 Å². The fourth-order valence-electron chi connectivity index (χ4n) is 5.39. The van der Waals surface area contributed by atoms with Crippen molar-refractivity contribution in [3.63, 3.8) is 0 Å². The maximum absolute atomic E-state index is 13.5. The number of aryl methyl sites for hydroxylation is 1. The fourth-order valence-corrected chi connectivity index (χ4v) is 5.39. The predicted molar refractivity (Wildman–Crippen MR) is 157 cm³/mol. The van der Waals surface area contributed by atoms with Crippen LogP contribution in [0.2, 0.25) is 0 Å². The third kappa shape index (κ3) is 6.13. The molecule has 8 nitrogen and oxygen atoms in total. The van der Waals surface area contributed by atoms with Gasteiger partial charge in [0.05, 0.1) is 20.3 Å². The molecule has 1 fully saturated rings. The lowest BCUT2D eigenvalue weighted by molar-refractivity contribution is 0.0939. The van der Waals surface area contributed by atoms with Crippen molar-refractivity contribution < 1.29 is 14.3 Å². The second-order valence-corrected chi connectivity index (χ2v) is 9.94. The van der Waals surface area contributed by atoms with Gasteiger partial charge in [0.25, 0.3) is 5.91 Å². The molecule has 0 saturated carbocycles. The summed E-state index contributed by atoms with van der Waals surface area (Å²) in [5.74, 6) is 0.991. The van der Waals surface area contributed by atoms with E-state index >= 15 is 0 Å². The molecule has 1 amide bonds. The minimum atomic E-state index is -0.296. The third-order valence-electron chi connectivity index (χ3n) is 7.41. The summed E-state index contributed by atoms with van der Waals surface area (Å²) in [6.45, 7) is 13.6.